The molecule has 0 fully saturated rings. The topological polar surface area (TPSA) is 81.8 Å². The molecule has 1 amide bonds. The summed E-state index contributed by atoms with van der Waals surface area (Å²) in [5, 5.41) is 0.625. The molecule has 1 unspecified atom stereocenters. The first-order valence-electron chi connectivity index (χ1n) is 5.67. The first kappa shape index (κ1) is 11.7. The van der Waals surface area contributed by atoms with Gasteiger partial charge in [-0.25, -0.2) is 15.0 Å². The Balaban J connectivity index is 2.12. The molecule has 0 saturated heterocycles. The molecule has 94 valence electrons. The Hall–Kier alpha value is -2.34. The largest absolute Gasteiger partial charge is 0.369 e. The van der Waals surface area contributed by atoms with Crippen LogP contribution in [-0.4, -0.2) is 20.9 Å². The van der Waals surface area contributed by atoms with Crippen LogP contribution in [0.5, 0.6) is 0 Å². The molecule has 1 aromatic carbocycles. The summed E-state index contributed by atoms with van der Waals surface area (Å²) in [7, 11) is 0. The predicted octanol–water partition coefficient (Wildman–Crippen LogP) is 1.70. The van der Waals surface area contributed by atoms with Gasteiger partial charge in [-0.3, -0.25) is 4.79 Å². The van der Waals surface area contributed by atoms with E-state index < -0.39 is 11.8 Å². The zero-order valence-electron chi connectivity index (χ0n) is 9.85. The fraction of sp³-hybridized carbons (Fsp3) is 0.0769. The minimum Gasteiger partial charge on any atom is -0.369 e. The van der Waals surface area contributed by atoms with Crippen LogP contribution >= 0.6 is 11.3 Å². The summed E-state index contributed by atoms with van der Waals surface area (Å²) in [6.07, 6.45) is 3.18. The molecule has 5 nitrogen and oxygen atoms in total. The third-order valence-corrected chi connectivity index (χ3v) is 3.79. The molecule has 2 aromatic heterocycles. The van der Waals surface area contributed by atoms with Crippen molar-refractivity contribution in [3.8, 4) is 0 Å². The molecule has 3 aromatic rings. The number of benzene rings is 1. The highest BCUT2D eigenvalue weighted by Gasteiger charge is 2.26. The minimum absolute atomic E-state index is 0.383. The lowest BCUT2D eigenvalue weighted by molar-refractivity contribution is -0.118. The van der Waals surface area contributed by atoms with Crippen molar-refractivity contribution in [2.24, 2.45) is 5.73 Å². The quantitative estimate of drug-likeness (QED) is 0.785. The van der Waals surface area contributed by atoms with Crippen LogP contribution in [0.3, 0.4) is 0 Å². The minimum atomic E-state index is -0.696. The molecule has 3 rings (SSSR count). The van der Waals surface area contributed by atoms with Crippen LogP contribution < -0.4 is 5.73 Å². The van der Waals surface area contributed by atoms with Crippen molar-refractivity contribution in [2.75, 3.05) is 0 Å². The molecule has 0 bridgehead atoms. The summed E-state index contributed by atoms with van der Waals surface area (Å²) in [6, 6.07) is 9.40. The molecule has 0 aliphatic heterocycles. The number of carbonyl (C=O) groups excluding carboxylic acids is 1. The van der Waals surface area contributed by atoms with Crippen molar-refractivity contribution >= 4 is 27.5 Å². The average molecular weight is 270 g/mol. The third-order valence-electron chi connectivity index (χ3n) is 2.69. The van der Waals surface area contributed by atoms with E-state index in [1.165, 1.54) is 11.3 Å². The second-order valence-corrected chi connectivity index (χ2v) is 5.02. The summed E-state index contributed by atoms with van der Waals surface area (Å²) < 4.78 is 1.01. The Kier molecular flexibility index (Phi) is 2.92. The number of amides is 1. The van der Waals surface area contributed by atoms with Crippen molar-refractivity contribution in [3.05, 3.63) is 53.6 Å². The maximum atomic E-state index is 11.7. The van der Waals surface area contributed by atoms with Gasteiger partial charge in [0.2, 0.25) is 5.91 Å². The number of nitrogens with zero attached hydrogens (tertiary/aromatic N) is 3. The van der Waals surface area contributed by atoms with Crippen molar-refractivity contribution in [2.45, 2.75) is 5.92 Å². The van der Waals surface area contributed by atoms with E-state index in [0.717, 1.165) is 10.2 Å². The standard InChI is InChI=1S/C13H10N4OS/c14-11(18)10(12-15-6-3-7-16-12)13-17-8-4-1-2-5-9(8)19-13/h1-7,10H,(H2,14,18). The van der Waals surface area contributed by atoms with Crippen LogP contribution in [0.1, 0.15) is 16.7 Å². The lowest BCUT2D eigenvalue weighted by atomic mass is 10.1. The summed E-state index contributed by atoms with van der Waals surface area (Å²) >= 11 is 1.44. The number of carbonyl (C=O) groups is 1. The van der Waals surface area contributed by atoms with Gasteiger partial charge in [-0.1, -0.05) is 12.1 Å². The van der Waals surface area contributed by atoms with Gasteiger partial charge in [0.1, 0.15) is 16.7 Å². The number of hydrogen-bond donors (Lipinski definition) is 1. The molecule has 2 N–H and O–H groups in total. The maximum Gasteiger partial charge on any atom is 0.235 e. The van der Waals surface area contributed by atoms with Gasteiger partial charge in [-0.05, 0) is 18.2 Å². The van der Waals surface area contributed by atoms with Gasteiger partial charge in [-0.2, -0.15) is 0 Å². The van der Waals surface area contributed by atoms with Gasteiger partial charge < -0.3 is 5.73 Å². The number of rotatable bonds is 3. The highest BCUT2D eigenvalue weighted by molar-refractivity contribution is 7.18. The van der Waals surface area contributed by atoms with Crippen LogP contribution in [0.4, 0.5) is 0 Å². The van der Waals surface area contributed by atoms with Crippen LogP contribution in [-0.2, 0) is 4.79 Å². The third kappa shape index (κ3) is 2.17. The number of aromatic nitrogens is 3. The Morgan fingerprint density at radius 2 is 1.89 bits per heavy atom. The highest BCUT2D eigenvalue weighted by atomic mass is 32.1. The van der Waals surface area contributed by atoms with Gasteiger partial charge in [0.15, 0.2) is 0 Å². The summed E-state index contributed by atoms with van der Waals surface area (Å²) in [4.78, 5) is 24.3. The molecule has 6 heteroatoms. The van der Waals surface area contributed by atoms with Crippen LogP contribution in [0.25, 0.3) is 10.2 Å². The zero-order valence-corrected chi connectivity index (χ0v) is 10.7. The van der Waals surface area contributed by atoms with Crippen molar-refractivity contribution in [1.29, 1.82) is 0 Å². The van der Waals surface area contributed by atoms with Gasteiger partial charge in [-0.15, -0.1) is 11.3 Å². The van der Waals surface area contributed by atoms with Crippen LogP contribution in [0.15, 0.2) is 42.7 Å². The van der Waals surface area contributed by atoms with Crippen molar-refractivity contribution in [3.63, 3.8) is 0 Å². The normalized spacial score (nSPS) is 12.4. The van der Waals surface area contributed by atoms with E-state index in [4.69, 9.17) is 5.73 Å². The molecule has 0 spiro atoms. The molecule has 0 aliphatic carbocycles. The molecule has 2 heterocycles. The Morgan fingerprint density at radius 1 is 1.16 bits per heavy atom. The second-order valence-electron chi connectivity index (χ2n) is 3.96. The van der Waals surface area contributed by atoms with Gasteiger partial charge >= 0.3 is 0 Å². The number of thiazole rings is 1. The van der Waals surface area contributed by atoms with E-state index in [2.05, 4.69) is 15.0 Å². The average Bonchev–Trinajstić information content (AvgIpc) is 2.82. The molecular weight excluding hydrogens is 260 g/mol. The Bertz CT molecular complexity index is 693. The molecule has 0 saturated carbocycles. The van der Waals surface area contributed by atoms with Crippen molar-refractivity contribution in [1.82, 2.24) is 15.0 Å². The van der Waals surface area contributed by atoms with E-state index in [-0.39, 0.29) is 0 Å². The molecule has 0 radical (unpaired) electrons. The Labute approximate surface area is 113 Å². The summed E-state index contributed by atoms with van der Waals surface area (Å²) in [5.41, 5.74) is 6.32. The smallest absolute Gasteiger partial charge is 0.235 e. The fourth-order valence-electron chi connectivity index (χ4n) is 1.83. The van der Waals surface area contributed by atoms with E-state index >= 15 is 0 Å². The van der Waals surface area contributed by atoms with Crippen molar-refractivity contribution < 1.29 is 4.79 Å². The monoisotopic (exact) mass is 270 g/mol. The number of primary amides is 1. The highest BCUT2D eigenvalue weighted by Crippen LogP contribution is 2.29. The van der Waals surface area contributed by atoms with Crippen LogP contribution in [0, 0.1) is 0 Å². The predicted molar refractivity (Wildman–Crippen MR) is 72.7 cm³/mol. The van der Waals surface area contributed by atoms with E-state index in [9.17, 15) is 4.79 Å². The first-order valence-corrected chi connectivity index (χ1v) is 6.49. The summed E-state index contributed by atoms with van der Waals surface area (Å²) in [5.74, 6) is -0.807. The number of fused-ring (bicyclic) bond motifs is 1. The number of para-hydroxylation sites is 1. The summed E-state index contributed by atoms with van der Waals surface area (Å²) in [6.45, 7) is 0. The second kappa shape index (κ2) is 4.74. The maximum absolute atomic E-state index is 11.7. The fourth-order valence-corrected chi connectivity index (χ4v) is 2.91. The molecular formula is C13H10N4OS. The van der Waals surface area contributed by atoms with E-state index in [1.54, 1.807) is 18.5 Å². The molecule has 0 aliphatic rings. The number of nitrogens with two attached hydrogens (primary N) is 1. The zero-order chi connectivity index (χ0) is 13.2. The van der Waals surface area contributed by atoms with E-state index in [0.29, 0.717) is 10.8 Å². The number of hydrogen-bond acceptors (Lipinski definition) is 5. The molecule has 19 heavy (non-hydrogen) atoms. The molecule has 1 atom stereocenters. The van der Waals surface area contributed by atoms with Gasteiger partial charge in [0.25, 0.3) is 0 Å². The van der Waals surface area contributed by atoms with Crippen LogP contribution in [0.2, 0.25) is 0 Å². The Morgan fingerprint density at radius 3 is 2.58 bits per heavy atom. The van der Waals surface area contributed by atoms with Gasteiger partial charge in [0.05, 0.1) is 10.2 Å². The van der Waals surface area contributed by atoms with Gasteiger partial charge in [0, 0.05) is 12.4 Å². The first-order chi connectivity index (χ1) is 9.25. The SMILES string of the molecule is NC(=O)C(c1ncccn1)c1nc2ccccc2s1. The lowest BCUT2D eigenvalue weighted by Gasteiger charge is -2.07. The van der Waals surface area contributed by atoms with E-state index in [1.807, 2.05) is 24.3 Å². The lowest BCUT2D eigenvalue weighted by Crippen LogP contribution is -2.24.